The Balaban J connectivity index is 1.47. The summed E-state index contributed by atoms with van der Waals surface area (Å²) in [6.07, 6.45) is -20.0. The monoisotopic (exact) mass is 792 g/mol. The molecule has 18 heteroatoms. The van der Waals surface area contributed by atoms with Crippen LogP contribution in [-0.2, 0) is 25.4 Å². The minimum Gasteiger partial charge on any atom is -0.497 e. The van der Waals surface area contributed by atoms with Gasteiger partial charge in [-0.1, -0.05) is 11.6 Å². The normalized spacial score (nSPS) is 34.9. The topological polar surface area (TPSA) is 277 Å². The van der Waals surface area contributed by atoms with E-state index < -0.39 is 110 Å². The Kier molecular flexibility index (Phi) is 13.0. The maximum Gasteiger partial charge on any atom is 0.235 e. The molecule has 56 heavy (non-hydrogen) atoms. The molecule has 3 aliphatic rings. The highest BCUT2D eigenvalue weighted by atomic mass is 16.8. The van der Waals surface area contributed by atoms with Crippen molar-refractivity contribution in [2.24, 2.45) is 0 Å². The van der Waals surface area contributed by atoms with E-state index >= 15 is 0 Å². The second-order valence-corrected chi connectivity index (χ2v) is 14.2. The first-order valence-corrected chi connectivity index (χ1v) is 18.0. The molecule has 0 unspecified atom stereocenters. The van der Waals surface area contributed by atoms with Gasteiger partial charge in [-0.2, -0.15) is 0 Å². The lowest BCUT2D eigenvalue weighted by molar-refractivity contribution is -0.341. The second-order valence-electron chi connectivity index (χ2n) is 14.2. The standard InChI is InChI=1S/C38H48O18/c1-15(2)5-10-19-22(52-37-31(48)28(45)27(44)23(13-39)53-37)12-11-20-25(42)34(32(54-33(19)20)17-6-8-18(49-4)9-7-17)55-38-35(29(46)24(41)16(3)51-38)56-36-30(47)26(43)21(40)14-50-36/h5-9,11-12,16,21,23-24,26-31,35-41,43-48H,10,13-14H2,1-4H3/t16-,21+,23+,24-,26-,27+,28-,29+,30+,31+,35+,36-,37+,38-/m0/s1. The third-order valence-corrected chi connectivity index (χ3v) is 10.0. The summed E-state index contributed by atoms with van der Waals surface area (Å²) in [5.74, 6) is 0.0162. The van der Waals surface area contributed by atoms with Crippen molar-refractivity contribution in [3.63, 3.8) is 0 Å². The highest BCUT2D eigenvalue weighted by Crippen LogP contribution is 2.39. The lowest BCUT2D eigenvalue weighted by atomic mass is 9.99. The molecule has 1 aromatic heterocycles. The van der Waals surface area contributed by atoms with Gasteiger partial charge in [0.05, 0.1) is 31.8 Å². The Hall–Kier alpha value is -3.73. The van der Waals surface area contributed by atoms with Gasteiger partial charge in [0, 0.05) is 11.1 Å². The van der Waals surface area contributed by atoms with Crippen molar-refractivity contribution in [1.82, 2.24) is 0 Å². The third-order valence-electron chi connectivity index (χ3n) is 10.0. The highest BCUT2D eigenvalue weighted by Gasteiger charge is 2.50. The third kappa shape index (κ3) is 8.30. The van der Waals surface area contributed by atoms with Gasteiger partial charge in [-0.05, 0) is 63.6 Å². The number of methoxy groups -OCH3 is 1. The van der Waals surface area contributed by atoms with E-state index in [-0.39, 0.29) is 28.9 Å². The van der Waals surface area contributed by atoms with Crippen LogP contribution >= 0.6 is 0 Å². The molecule has 3 aliphatic heterocycles. The first kappa shape index (κ1) is 41.9. The first-order valence-electron chi connectivity index (χ1n) is 18.0. The van der Waals surface area contributed by atoms with Crippen molar-refractivity contribution in [2.45, 2.75) is 113 Å². The van der Waals surface area contributed by atoms with E-state index in [4.69, 9.17) is 37.6 Å². The van der Waals surface area contributed by atoms with Gasteiger partial charge in [0.25, 0.3) is 0 Å². The highest BCUT2D eigenvalue weighted by molar-refractivity contribution is 5.86. The summed E-state index contributed by atoms with van der Waals surface area (Å²) in [4.78, 5) is 14.6. The number of aliphatic hydroxyl groups excluding tert-OH is 9. The summed E-state index contributed by atoms with van der Waals surface area (Å²) in [7, 11) is 1.47. The van der Waals surface area contributed by atoms with E-state index in [0.717, 1.165) is 5.57 Å². The number of hydrogen-bond donors (Lipinski definition) is 9. The van der Waals surface area contributed by atoms with Crippen molar-refractivity contribution in [1.29, 1.82) is 0 Å². The molecule has 3 fully saturated rings. The molecule has 0 aliphatic carbocycles. The summed E-state index contributed by atoms with van der Waals surface area (Å²) in [6.45, 7) is 4.05. The van der Waals surface area contributed by atoms with Gasteiger partial charge in [-0.15, -0.1) is 0 Å². The molecular formula is C38H48O18. The van der Waals surface area contributed by atoms with Crippen LogP contribution in [0.5, 0.6) is 17.2 Å². The van der Waals surface area contributed by atoms with Crippen LogP contribution in [0.3, 0.4) is 0 Å². The van der Waals surface area contributed by atoms with Crippen molar-refractivity contribution in [3.05, 3.63) is 63.8 Å². The lowest BCUT2D eigenvalue weighted by Gasteiger charge is -2.44. The molecular weight excluding hydrogens is 744 g/mol. The van der Waals surface area contributed by atoms with Gasteiger partial charge >= 0.3 is 0 Å². The quantitative estimate of drug-likeness (QED) is 0.103. The minimum absolute atomic E-state index is 0.0133. The fourth-order valence-corrected chi connectivity index (χ4v) is 6.63. The van der Waals surface area contributed by atoms with Crippen LogP contribution in [0.4, 0.5) is 0 Å². The molecule has 0 radical (unpaired) electrons. The molecule has 0 amide bonds. The van der Waals surface area contributed by atoms with Crippen LogP contribution in [-0.4, -0.2) is 152 Å². The molecule has 9 N–H and O–H groups in total. The van der Waals surface area contributed by atoms with Crippen LogP contribution < -0.4 is 19.6 Å². The lowest BCUT2D eigenvalue weighted by Crippen LogP contribution is -2.62. The maximum atomic E-state index is 14.6. The van der Waals surface area contributed by atoms with Crippen LogP contribution in [0.25, 0.3) is 22.3 Å². The number of aliphatic hydroxyl groups is 9. The SMILES string of the molecule is COc1ccc(-c2oc3c(CC=C(C)C)c(O[C@@H]4O[C@H](CO)[C@@H](O)[C@H](O)[C@H]4O)ccc3c(=O)c2O[C@@H]2O[C@@H](C)[C@H](O)[C@@H](O)[C@H]2O[C@@H]2OC[C@@H](O)[C@H](O)[C@H]2O)cc1. The Bertz CT molecular complexity index is 1890. The van der Waals surface area contributed by atoms with Crippen molar-refractivity contribution in [3.8, 4) is 28.6 Å². The number of hydrogen-bond acceptors (Lipinski definition) is 18. The van der Waals surface area contributed by atoms with Gasteiger partial charge < -0.3 is 83.5 Å². The summed E-state index contributed by atoms with van der Waals surface area (Å²) >= 11 is 0. The predicted molar refractivity (Wildman–Crippen MR) is 192 cm³/mol. The van der Waals surface area contributed by atoms with E-state index in [9.17, 15) is 50.8 Å². The maximum absolute atomic E-state index is 14.6. The van der Waals surface area contributed by atoms with Crippen LogP contribution in [0, 0.1) is 0 Å². The van der Waals surface area contributed by atoms with Gasteiger partial charge in [0.1, 0.15) is 72.0 Å². The summed E-state index contributed by atoms with van der Waals surface area (Å²) < 4.78 is 46.8. The zero-order chi connectivity index (χ0) is 40.6. The number of rotatable bonds is 11. The smallest absolute Gasteiger partial charge is 0.235 e. The minimum atomic E-state index is -1.78. The van der Waals surface area contributed by atoms with Gasteiger partial charge in [0.2, 0.25) is 23.8 Å². The molecule has 2 aromatic carbocycles. The van der Waals surface area contributed by atoms with E-state index in [2.05, 4.69) is 0 Å². The molecule has 0 bridgehead atoms. The van der Waals surface area contributed by atoms with E-state index in [1.807, 2.05) is 19.9 Å². The van der Waals surface area contributed by atoms with Gasteiger partial charge in [-0.25, -0.2) is 0 Å². The summed E-state index contributed by atoms with van der Waals surface area (Å²) in [5.41, 5.74) is 0.824. The van der Waals surface area contributed by atoms with Crippen molar-refractivity contribution in [2.75, 3.05) is 20.3 Å². The fraction of sp³-hybridized carbons (Fsp3) is 0.553. The number of allylic oxidation sites excluding steroid dienone is 2. The Morgan fingerprint density at radius 3 is 2.16 bits per heavy atom. The van der Waals surface area contributed by atoms with Crippen molar-refractivity contribution < 1.29 is 83.5 Å². The molecule has 0 saturated carbocycles. The largest absolute Gasteiger partial charge is 0.497 e. The molecule has 6 rings (SSSR count). The van der Waals surface area contributed by atoms with E-state index in [1.165, 1.54) is 26.2 Å². The molecule has 3 saturated heterocycles. The molecule has 0 spiro atoms. The molecule has 308 valence electrons. The average Bonchev–Trinajstić information content (AvgIpc) is 3.18. The van der Waals surface area contributed by atoms with Gasteiger partial charge in [-0.3, -0.25) is 4.79 Å². The summed E-state index contributed by atoms with van der Waals surface area (Å²) in [6, 6.07) is 9.19. The summed E-state index contributed by atoms with van der Waals surface area (Å²) in [5, 5.41) is 93.8. The van der Waals surface area contributed by atoms with E-state index in [1.54, 1.807) is 24.3 Å². The zero-order valence-corrected chi connectivity index (χ0v) is 30.9. The Morgan fingerprint density at radius 2 is 1.50 bits per heavy atom. The number of fused-ring (bicyclic) bond motifs is 1. The Morgan fingerprint density at radius 1 is 0.804 bits per heavy atom. The van der Waals surface area contributed by atoms with Crippen LogP contribution in [0.1, 0.15) is 26.3 Å². The average molecular weight is 793 g/mol. The first-order chi connectivity index (χ1) is 26.6. The number of benzene rings is 2. The molecule has 14 atom stereocenters. The molecule has 18 nitrogen and oxygen atoms in total. The Labute approximate surface area is 320 Å². The molecule has 3 aromatic rings. The number of ether oxygens (including phenoxy) is 7. The fourth-order valence-electron chi connectivity index (χ4n) is 6.63. The van der Waals surface area contributed by atoms with Crippen LogP contribution in [0.15, 0.2) is 57.3 Å². The van der Waals surface area contributed by atoms with Crippen molar-refractivity contribution >= 4 is 11.0 Å². The zero-order valence-electron chi connectivity index (χ0n) is 30.9. The van der Waals surface area contributed by atoms with E-state index in [0.29, 0.717) is 16.9 Å². The molecule has 4 heterocycles. The second kappa shape index (κ2) is 17.4. The van der Waals surface area contributed by atoms with Crippen LogP contribution in [0.2, 0.25) is 0 Å². The van der Waals surface area contributed by atoms with Gasteiger partial charge in [0.15, 0.2) is 18.2 Å². The predicted octanol–water partition coefficient (Wildman–Crippen LogP) is -1.17.